The lowest BCUT2D eigenvalue weighted by Gasteiger charge is -2.36. The molecule has 0 aliphatic carbocycles. The zero-order valence-electron chi connectivity index (χ0n) is 8.96. The molecule has 1 fully saturated rings. The molecule has 0 unspecified atom stereocenters. The lowest BCUT2D eigenvalue weighted by atomic mass is 10.0. The number of rotatable bonds is 1. The van der Waals surface area contributed by atoms with Gasteiger partial charge in [0.1, 0.15) is 6.04 Å². The SMILES string of the molecule is N#Cc1ccc(N2CC([NH3+])C2)cc1C(F)(F)F. The van der Waals surface area contributed by atoms with Crippen LogP contribution in [0.1, 0.15) is 11.1 Å². The van der Waals surface area contributed by atoms with Gasteiger partial charge in [0.15, 0.2) is 0 Å². The number of anilines is 1. The quantitative estimate of drug-likeness (QED) is 0.799. The van der Waals surface area contributed by atoms with Crippen LogP contribution in [0.4, 0.5) is 18.9 Å². The predicted molar refractivity (Wildman–Crippen MR) is 55.0 cm³/mol. The summed E-state index contributed by atoms with van der Waals surface area (Å²) in [5.41, 5.74) is 3.09. The lowest BCUT2D eigenvalue weighted by molar-refractivity contribution is -0.424. The monoisotopic (exact) mass is 242 g/mol. The van der Waals surface area contributed by atoms with Crippen LogP contribution in [-0.2, 0) is 6.18 Å². The fourth-order valence-corrected chi connectivity index (χ4v) is 1.84. The zero-order valence-corrected chi connectivity index (χ0v) is 8.96. The van der Waals surface area contributed by atoms with Gasteiger partial charge in [0.2, 0.25) is 0 Å². The Hall–Kier alpha value is -1.74. The third kappa shape index (κ3) is 2.19. The molecule has 1 aliphatic rings. The number of benzene rings is 1. The molecule has 1 aromatic carbocycles. The molecule has 0 radical (unpaired) electrons. The Labute approximate surface area is 96.2 Å². The molecule has 3 N–H and O–H groups in total. The smallest absolute Gasteiger partial charge is 0.359 e. The molecule has 0 bridgehead atoms. The van der Waals surface area contributed by atoms with Gasteiger partial charge in [-0.05, 0) is 18.2 Å². The maximum Gasteiger partial charge on any atom is 0.417 e. The van der Waals surface area contributed by atoms with E-state index in [0.717, 1.165) is 6.07 Å². The van der Waals surface area contributed by atoms with Gasteiger partial charge in [-0.1, -0.05) is 0 Å². The van der Waals surface area contributed by atoms with E-state index in [2.05, 4.69) is 5.73 Å². The Bertz CT molecular complexity index is 470. The molecule has 2 rings (SSSR count). The van der Waals surface area contributed by atoms with Crippen LogP contribution in [0.2, 0.25) is 0 Å². The van der Waals surface area contributed by atoms with Crippen molar-refractivity contribution in [3.63, 3.8) is 0 Å². The highest BCUT2D eigenvalue weighted by atomic mass is 19.4. The van der Waals surface area contributed by atoms with E-state index in [1.165, 1.54) is 6.07 Å². The zero-order chi connectivity index (χ0) is 12.6. The van der Waals surface area contributed by atoms with E-state index in [0.29, 0.717) is 18.8 Å². The van der Waals surface area contributed by atoms with Crippen LogP contribution in [-0.4, -0.2) is 19.1 Å². The molecule has 1 heterocycles. The van der Waals surface area contributed by atoms with E-state index in [1.807, 2.05) is 4.90 Å². The first-order valence-corrected chi connectivity index (χ1v) is 5.11. The summed E-state index contributed by atoms with van der Waals surface area (Å²) in [5.74, 6) is 0. The number of halogens is 3. The molecule has 1 saturated heterocycles. The second-order valence-corrected chi connectivity index (χ2v) is 4.11. The summed E-state index contributed by atoms with van der Waals surface area (Å²) < 4.78 is 38.1. The first-order chi connectivity index (χ1) is 7.91. The maximum atomic E-state index is 12.7. The van der Waals surface area contributed by atoms with Crippen LogP contribution in [0.15, 0.2) is 18.2 Å². The number of hydrogen-bond donors (Lipinski definition) is 1. The highest BCUT2D eigenvalue weighted by Crippen LogP contribution is 2.35. The van der Waals surface area contributed by atoms with Crippen molar-refractivity contribution < 1.29 is 18.9 Å². The molecule has 17 heavy (non-hydrogen) atoms. The molecule has 1 aliphatic heterocycles. The van der Waals surface area contributed by atoms with Crippen molar-refractivity contribution in [1.82, 2.24) is 0 Å². The number of nitriles is 1. The Morgan fingerprint density at radius 3 is 2.47 bits per heavy atom. The Balaban J connectivity index is 2.36. The minimum Gasteiger partial charge on any atom is -0.359 e. The third-order valence-corrected chi connectivity index (χ3v) is 2.75. The third-order valence-electron chi connectivity index (χ3n) is 2.75. The highest BCUT2D eigenvalue weighted by molar-refractivity contribution is 5.56. The Morgan fingerprint density at radius 2 is 2.00 bits per heavy atom. The summed E-state index contributed by atoms with van der Waals surface area (Å²) in [6, 6.07) is 5.62. The molecule has 3 nitrogen and oxygen atoms in total. The van der Waals surface area contributed by atoms with E-state index in [9.17, 15) is 13.2 Å². The van der Waals surface area contributed by atoms with E-state index in [-0.39, 0.29) is 11.6 Å². The molecule has 0 spiro atoms. The summed E-state index contributed by atoms with van der Waals surface area (Å²) in [4.78, 5) is 1.81. The van der Waals surface area contributed by atoms with Crippen molar-refractivity contribution in [1.29, 1.82) is 5.26 Å². The second-order valence-electron chi connectivity index (χ2n) is 4.11. The minimum atomic E-state index is -4.49. The van der Waals surface area contributed by atoms with Crippen molar-refractivity contribution in [2.45, 2.75) is 12.2 Å². The van der Waals surface area contributed by atoms with Crippen LogP contribution >= 0.6 is 0 Å². The topological polar surface area (TPSA) is 54.7 Å². The Morgan fingerprint density at radius 1 is 1.35 bits per heavy atom. The van der Waals surface area contributed by atoms with Gasteiger partial charge in [0.25, 0.3) is 0 Å². The van der Waals surface area contributed by atoms with E-state index in [4.69, 9.17) is 5.26 Å². The van der Waals surface area contributed by atoms with E-state index in [1.54, 1.807) is 12.1 Å². The first-order valence-electron chi connectivity index (χ1n) is 5.11. The number of nitrogens with zero attached hydrogens (tertiary/aromatic N) is 2. The van der Waals surface area contributed by atoms with Gasteiger partial charge in [-0.25, -0.2) is 0 Å². The molecule has 6 heteroatoms. The molecule has 0 atom stereocenters. The molecule has 90 valence electrons. The molecule has 0 saturated carbocycles. The van der Waals surface area contributed by atoms with E-state index >= 15 is 0 Å². The average molecular weight is 242 g/mol. The summed E-state index contributed by atoms with van der Waals surface area (Å²) >= 11 is 0. The van der Waals surface area contributed by atoms with E-state index < -0.39 is 11.7 Å². The predicted octanol–water partition coefficient (Wildman–Crippen LogP) is 1.01. The summed E-state index contributed by atoms with van der Waals surface area (Å²) in [7, 11) is 0. The van der Waals surface area contributed by atoms with Crippen molar-refractivity contribution in [3.05, 3.63) is 29.3 Å². The normalized spacial score (nSPS) is 16.5. The van der Waals surface area contributed by atoms with Gasteiger partial charge in [-0.3, -0.25) is 0 Å². The molecular formula is C11H11F3N3+. The fourth-order valence-electron chi connectivity index (χ4n) is 1.84. The molecule has 0 aromatic heterocycles. The number of alkyl halides is 3. The first kappa shape index (κ1) is 11.7. The summed E-state index contributed by atoms with van der Waals surface area (Å²) in [6.07, 6.45) is -4.49. The standard InChI is InChI=1S/C11H10F3N3/c12-11(13,14)10-3-9(2-1-7(10)4-15)17-5-8(16)6-17/h1-3,8H,5-6,16H2/p+1. The average Bonchev–Trinajstić information content (AvgIpc) is 2.23. The van der Waals surface area contributed by atoms with Crippen LogP contribution < -0.4 is 10.6 Å². The van der Waals surface area contributed by atoms with Crippen molar-refractivity contribution in [2.24, 2.45) is 0 Å². The van der Waals surface area contributed by atoms with Gasteiger partial charge < -0.3 is 10.6 Å². The van der Waals surface area contributed by atoms with Gasteiger partial charge in [0.05, 0.1) is 30.3 Å². The van der Waals surface area contributed by atoms with Crippen LogP contribution in [0.5, 0.6) is 0 Å². The minimum absolute atomic E-state index is 0.264. The number of hydrogen-bond acceptors (Lipinski definition) is 2. The van der Waals surface area contributed by atoms with Crippen molar-refractivity contribution >= 4 is 5.69 Å². The van der Waals surface area contributed by atoms with Crippen molar-refractivity contribution in [3.8, 4) is 6.07 Å². The fraction of sp³-hybridized carbons (Fsp3) is 0.364. The van der Waals surface area contributed by atoms with Crippen LogP contribution in [0.3, 0.4) is 0 Å². The van der Waals surface area contributed by atoms with Crippen LogP contribution in [0.25, 0.3) is 0 Å². The van der Waals surface area contributed by atoms with Gasteiger partial charge in [-0.15, -0.1) is 0 Å². The van der Waals surface area contributed by atoms with Crippen LogP contribution in [0, 0.1) is 11.3 Å². The van der Waals surface area contributed by atoms with Gasteiger partial charge in [0, 0.05) is 5.69 Å². The molecule has 0 amide bonds. The molecular weight excluding hydrogens is 231 g/mol. The second kappa shape index (κ2) is 3.93. The number of quaternary nitrogens is 1. The van der Waals surface area contributed by atoms with Gasteiger partial charge >= 0.3 is 6.18 Å². The van der Waals surface area contributed by atoms with Gasteiger partial charge in [-0.2, -0.15) is 18.4 Å². The summed E-state index contributed by atoms with van der Waals surface area (Å²) in [6.45, 7) is 1.31. The van der Waals surface area contributed by atoms with Crippen molar-refractivity contribution in [2.75, 3.05) is 18.0 Å². The highest BCUT2D eigenvalue weighted by Gasteiger charge is 2.35. The lowest BCUT2D eigenvalue weighted by Crippen LogP contribution is -2.76. The Kier molecular flexibility index (Phi) is 2.71. The molecule has 1 aromatic rings. The summed E-state index contributed by atoms with van der Waals surface area (Å²) in [5, 5.41) is 8.65. The maximum absolute atomic E-state index is 12.7. The largest absolute Gasteiger partial charge is 0.417 e.